The molecule has 1 atom stereocenters. The van der Waals surface area contributed by atoms with Gasteiger partial charge in [0.25, 0.3) is 0 Å². The number of nitrogens with one attached hydrogen (secondary N) is 1. The molecule has 0 spiro atoms. The number of aryl methyl sites for hydroxylation is 2. The maximum atomic E-state index is 11.9. The number of hydrogen-bond donors (Lipinski definition) is 1. The minimum Gasteiger partial charge on any atom is -0.461 e. The molecule has 0 saturated carbocycles. The van der Waals surface area contributed by atoms with Gasteiger partial charge in [0.05, 0.1) is 18.0 Å². The zero-order valence-corrected chi connectivity index (χ0v) is 13.1. The van der Waals surface area contributed by atoms with E-state index >= 15 is 0 Å². The SMILES string of the molecule is CCOC(=O)C1=NNC(Cl)CC1=Nc1cc(C)cc(C)c1. The minimum absolute atomic E-state index is 0.188. The number of esters is 1. The Morgan fingerprint density at radius 1 is 1.43 bits per heavy atom. The van der Waals surface area contributed by atoms with E-state index in [2.05, 4.69) is 21.6 Å². The van der Waals surface area contributed by atoms with Gasteiger partial charge in [-0.1, -0.05) is 17.7 Å². The number of hydrogen-bond acceptors (Lipinski definition) is 5. The van der Waals surface area contributed by atoms with E-state index in [-0.39, 0.29) is 11.2 Å². The van der Waals surface area contributed by atoms with Crippen molar-refractivity contribution >= 4 is 34.7 Å². The molecule has 21 heavy (non-hydrogen) atoms. The van der Waals surface area contributed by atoms with Crippen molar-refractivity contribution in [3.63, 3.8) is 0 Å². The highest BCUT2D eigenvalue weighted by Crippen LogP contribution is 2.20. The van der Waals surface area contributed by atoms with E-state index in [1.807, 2.05) is 26.0 Å². The van der Waals surface area contributed by atoms with E-state index in [0.717, 1.165) is 16.8 Å². The monoisotopic (exact) mass is 307 g/mol. The van der Waals surface area contributed by atoms with Crippen LogP contribution in [-0.2, 0) is 9.53 Å². The zero-order chi connectivity index (χ0) is 15.4. The highest BCUT2D eigenvalue weighted by atomic mass is 35.5. The second kappa shape index (κ2) is 6.72. The van der Waals surface area contributed by atoms with Gasteiger partial charge in [0.1, 0.15) is 5.50 Å². The van der Waals surface area contributed by atoms with Crippen LogP contribution in [0.25, 0.3) is 0 Å². The van der Waals surface area contributed by atoms with Crippen LogP contribution < -0.4 is 5.43 Å². The molecule has 0 aromatic heterocycles. The van der Waals surface area contributed by atoms with Crippen molar-refractivity contribution in [3.05, 3.63) is 29.3 Å². The molecule has 6 heteroatoms. The molecular formula is C15H18ClN3O2. The molecule has 2 rings (SSSR count). The van der Waals surface area contributed by atoms with E-state index in [1.54, 1.807) is 6.92 Å². The fourth-order valence-electron chi connectivity index (χ4n) is 2.14. The first-order valence-electron chi connectivity index (χ1n) is 6.80. The summed E-state index contributed by atoms with van der Waals surface area (Å²) in [7, 11) is 0. The lowest BCUT2D eigenvalue weighted by Crippen LogP contribution is -2.38. The second-order valence-electron chi connectivity index (χ2n) is 4.89. The van der Waals surface area contributed by atoms with Gasteiger partial charge < -0.3 is 4.74 Å². The number of aliphatic imine (C=N–C) groups is 1. The maximum absolute atomic E-state index is 11.9. The van der Waals surface area contributed by atoms with Gasteiger partial charge in [0.2, 0.25) is 0 Å². The third-order valence-electron chi connectivity index (χ3n) is 2.90. The molecule has 112 valence electrons. The molecule has 5 nitrogen and oxygen atoms in total. The third-order valence-corrected chi connectivity index (χ3v) is 3.15. The molecule has 1 heterocycles. The van der Waals surface area contributed by atoms with Gasteiger partial charge in [0.15, 0.2) is 5.71 Å². The average Bonchev–Trinajstić information content (AvgIpc) is 2.37. The first kappa shape index (κ1) is 15.5. The number of carbonyl (C=O) groups excluding carboxylic acids is 1. The average molecular weight is 308 g/mol. The number of benzene rings is 1. The van der Waals surface area contributed by atoms with Crippen LogP contribution in [0.5, 0.6) is 0 Å². The van der Waals surface area contributed by atoms with Crippen molar-refractivity contribution in [1.82, 2.24) is 5.43 Å². The molecule has 0 aliphatic carbocycles. The van der Waals surface area contributed by atoms with Gasteiger partial charge in [-0.3, -0.25) is 10.4 Å². The van der Waals surface area contributed by atoms with Gasteiger partial charge in [0, 0.05) is 6.42 Å². The Hall–Kier alpha value is -1.88. The van der Waals surface area contributed by atoms with Crippen molar-refractivity contribution in [1.29, 1.82) is 0 Å². The van der Waals surface area contributed by atoms with Crippen molar-refractivity contribution in [3.8, 4) is 0 Å². The Labute approximate surface area is 129 Å². The van der Waals surface area contributed by atoms with Crippen LogP contribution in [0.15, 0.2) is 28.3 Å². The summed E-state index contributed by atoms with van der Waals surface area (Å²) >= 11 is 6.04. The lowest BCUT2D eigenvalue weighted by molar-refractivity contribution is -0.134. The fraction of sp³-hybridized carbons (Fsp3) is 0.400. The van der Waals surface area contributed by atoms with Crippen LogP contribution in [-0.4, -0.2) is 29.5 Å². The number of nitrogens with zero attached hydrogens (tertiary/aromatic N) is 2. The van der Waals surface area contributed by atoms with Gasteiger partial charge >= 0.3 is 5.97 Å². The van der Waals surface area contributed by atoms with E-state index in [1.165, 1.54) is 0 Å². The van der Waals surface area contributed by atoms with E-state index in [9.17, 15) is 4.79 Å². The predicted octanol–water partition coefficient (Wildman–Crippen LogP) is 2.85. The van der Waals surface area contributed by atoms with Crippen LogP contribution in [0.4, 0.5) is 5.69 Å². The largest absolute Gasteiger partial charge is 0.461 e. The Morgan fingerprint density at radius 2 is 2.10 bits per heavy atom. The van der Waals surface area contributed by atoms with Gasteiger partial charge in [-0.05, 0) is 44.0 Å². The zero-order valence-electron chi connectivity index (χ0n) is 12.3. The summed E-state index contributed by atoms with van der Waals surface area (Å²) < 4.78 is 5.00. The molecule has 0 saturated heterocycles. The summed E-state index contributed by atoms with van der Waals surface area (Å²) in [6, 6.07) is 5.97. The van der Waals surface area contributed by atoms with Gasteiger partial charge in [-0.15, -0.1) is 0 Å². The highest BCUT2D eigenvalue weighted by Gasteiger charge is 2.26. The number of carbonyl (C=O) groups is 1. The molecule has 1 aliphatic heterocycles. The topological polar surface area (TPSA) is 63.0 Å². The van der Waals surface area contributed by atoms with Crippen LogP contribution >= 0.6 is 11.6 Å². The fourth-order valence-corrected chi connectivity index (χ4v) is 2.34. The lowest BCUT2D eigenvalue weighted by atomic mass is 10.1. The second-order valence-corrected chi connectivity index (χ2v) is 5.41. The first-order chi connectivity index (χ1) is 9.99. The van der Waals surface area contributed by atoms with Crippen molar-refractivity contribution in [2.75, 3.05) is 6.61 Å². The summed E-state index contributed by atoms with van der Waals surface area (Å²) in [4.78, 5) is 16.5. The summed E-state index contributed by atoms with van der Waals surface area (Å²) in [5.41, 5.74) is 6.03. The molecule has 0 bridgehead atoms. The molecule has 0 amide bonds. The third kappa shape index (κ3) is 4.04. The molecule has 0 fully saturated rings. The van der Waals surface area contributed by atoms with Crippen LogP contribution in [0.2, 0.25) is 0 Å². The summed E-state index contributed by atoms with van der Waals surface area (Å²) in [5, 5.41) is 3.98. The Balaban J connectivity index is 2.37. The number of halogens is 1. The molecule has 1 aliphatic rings. The van der Waals surface area contributed by atoms with Crippen molar-refractivity contribution in [2.24, 2.45) is 10.1 Å². The van der Waals surface area contributed by atoms with E-state index in [4.69, 9.17) is 16.3 Å². The Kier molecular flexibility index (Phi) is 4.96. The van der Waals surface area contributed by atoms with Crippen LogP contribution in [0.3, 0.4) is 0 Å². The van der Waals surface area contributed by atoms with Gasteiger partial charge in [-0.2, -0.15) is 5.10 Å². The number of hydrazone groups is 1. The number of rotatable bonds is 3. The van der Waals surface area contributed by atoms with Crippen molar-refractivity contribution in [2.45, 2.75) is 32.7 Å². The molecule has 1 aromatic carbocycles. The summed E-state index contributed by atoms with van der Waals surface area (Å²) in [6.07, 6.45) is 0.409. The Morgan fingerprint density at radius 3 is 2.71 bits per heavy atom. The summed E-state index contributed by atoms with van der Waals surface area (Å²) in [6.45, 7) is 6.05. The quantitative estimate of drug-likeness (QED) is 0.530. The smallest absolute Gasteiger partial charge is 0.360 e. The van der Waals surface area contributed by atoms with Crippen LogP contribution in [0.1, 0.15) is 24.5 Å². The molecule has 1 N–H and O–H groups in total. The first-order valence-corrected chi connectivity index (χ1v) is 7.24. The number of ether oxygens (including phenoxy) is 1. The molecule has 0 radical (unpaired) electrons. The molecule has 1 aromatic rings. The van der Waals surface area contributed by atoms with Crippen molar-refractivity contribution < 1.29 is 9.53 Å². The normalized spacial score (nSPS) is 19.9. The maximum Gasteiger partial charge on any atom is 0.360 e. The van der Waals surface area contributed by atoms with Gasteiger partial charge in [-0.25, -0.2) is 4.79 Å². The van der Waals surface area contributed by atoms with E-state index < -0.39 is 5.97 Å². The van der Waals surface area contributed by atoms with Crippen LogP contribution in [0, 0.1) is 13.8 Å². The molecular weight excluding hydrogens is 290 g/mol. The Bertz CT molecular complexity index is 591. The standard InChI is InChI=1S/C15H18ClN3O2/c1-4-21-15(20)14-12(8-13(16)18-19-14)17-11-6-9(2)5-10(3)7-11/h5-7,13,18H,4,8H2,1-3H3. The summed E-state index contributed by atoms with van der Waals surface area (Å²) in [5.74, 6) is -0.489. The van der Waals surface area contributed by atoms with E-state index in [0.29, 0.717) is 18.7 Å². The molecule has 1 unspecified atom stereocenters. The number of alkyl halides is 1. The minimum atomic E-state index is -0.489. The highest BCUT2D eigenvalue weighted by molar-refractivity contribution is 6.66. The predicted molar refractivity (Wildman–Crippen MR) is 84.5 cm³/mol. The lowest BCUT2D eigenvalue weighted by Gasteiger charge is -2.19.